The Hall–Kier alpha value is -2.10. The zero-order valence-electron chi connectivity index (χ0n) is 9.38. The van der Waals surface area contributed by atoms with Gasteiger partial charge in [0.15, 0.2) is 0 Å². The van der Waals surface area contributed by atoms with Crippen molar-refractivity contribution < 1.29 is 0 Å². The summed E-state index contributed by atoms with van der Waals surface area (Å²) in [6.45, 7) is 0. The van der Waals surface area contributed by atoms with E-state index in [0.717, 1.165) is 11.4 Å². The second kappa shape index (κ2) is 4.61. The van der Waals surface area contributed by atoms with Gasteiger partial charge in [-0.05, 0) is 12.1 Å². The molecule has 4 nitrogen and oxygen atoms in total. The largest absolute Gasteiger partial charge is 0.353 e. The van der Waals surface area contributed by atoms with E-state index in [1.807, 2.05) is 49.3 Å². The highest BCUT2D eigenvalue weighted by Crippen LogP contribution is 2.14. The fourth-order valence-corrected chi connectivity index (χ4v) is 1.30. The second-order valence-corrected chi connectivity index (χ2v) is 3.66. The van der Waals surface area contributed by atoms with E-state index in [0.29, 0.717) is 5.95 Å². The number of anilines is 3. The van der Waals surface area contributed by atoms with E-state index in [1.54, 1.807) is 12.4 Å². The first kappa shape index (κ1) is 10.4. The molecule has 0 spiro atoms. The van der Waals surface area contributed by atoms with Crippen molar-refractivity contribution in [2.24, 2.45) is 0 Å². The molecule has 0 radical (unpaired) electrons. The molecule has 0 fully saturated rings. The van der Waals surface area contributed by atoms with Gasteiger partial charge in [0, 0.05) is 19.8 Å². The molecule has 0 saturated carbocycles. The SMILES string of the molecule is CN(C)c1ncc(Nc2ccccc2)cn1. The summed E-state index contributed by atoms with van der Waals surface area (Å²) in [7, 11) is 3.83. The summed E-state index contributed by atoms with van der Waals surface area (Å²) in [4.78, 5) is 10.3. The molecular weight excluding hydrogens is 200 g/mol. The normalized spacial score (nSPS) is 9.88. The monoisotopic (exact) mass is 214 g/mol. The van der Waals surface area contributed by atoms with Gasteiger partial charge >= 0.3 is 0 Å². The lowest BCUT2D eigenvalue weighted by molar-refractivity contribution is 1.000. The molecule has 4 heteroatoms. The second-order valence-electron chi connectivity index (χ2n) is 3.66. The van der Waals surface area contributed by atoms with Gasteiger partial charge < -0.3 is 10.2 Å². The zero-order valence-corrected chi connectivity index (χ0v) is 9.38. The van der Waals surface area contributed by atoms with Gasteiger partial charge in [0.1, 0.15) is 0 Å². The lowest BCUT2D eigenvalue weighted by atomic mass is 10.3. The molecule has 82 valence electrons. The number of hydrogen-bond acceptors (Lipinski definition) is 4. The van der Waals surface area contributed by atoms with Crippen LogP contribution in [-0.4, -0.2) is 24.1 Å². The molecule has 1 heterocycles. The maximum absolute atomic E-state index is 4.23. The molecule has 0 aliphatic heterocycles. The average Bonchev–Trinajstić information content (AvgIpc) is 2.31. The zero-order chi connectivity index (χ0) is 11.4. The van der Waals surface area contributed by atoms with E-state index in [4.69, 9.17) is 0 Å². The number of benzene rings is 1. The topological polar surface area (TPSA) is 41.1 Å². The van der Waals surface area contributed by atoms with Crippen LogP contribution in [0.4, 0.5) is 17.3 Å². The maximum Gasteiger partial charge on any atom is 0.224 e. The Labute approximate surface area is 95.0 Å². The molecule has 1 N–H and O–H groups in total. The third-order valence-corrected chi connectivity index (χ3v) is 2.10. The van der Waals surface area contributed by atoms with Crippen molar-refractivity contribution in [3.05, 3.63) is 42.7 Å². The van der Waals surface area contributed by atoms with E-state index in [-0.39, 0.29) is 0 Å². The molecule has 0 unspecified atom stereocenters. The molecule has 1 aromatic heterocycles. The van der Waals surface area contributed by atoms with Gasteiger partial charge in [0.2, 0.25) is 5.95 Å². The fraction of sp³-hybridized carbons (Fsp3) is 0.167. The Morgan fingerprint density at radius 2 is 1.56 bits per heavy atom. The minimum Gasteiger partial charge on any atom is -0.353 e. The highest BCUT2D eigenvalue weighted by Gasteiger charge is 1.99. The van der Waals surface area contributed by atoms with Crippen molar-refractivity contribution in [2.75, 3.05) is 24.3 Å². The summed E-state index contributed by atoms with van der Waals surface area (Å²) < 4.78 is 0. The van der Waals surface area contributed by atoms with E-state index >= 15 is 0 Å². The molecule has 0 saturated heterocycles. The summed E-state index contributed by atoms with van der Waals surface area (Å²) >= 11 is 0. The molecule has 2 aromatic rings. The predicted octanol–water partition coefficient (Wildman–Crippen LogP) is 2.29. The van der Waals surface area contributed by atoms with Crippen LogP contribution in [0.15, 0.2) is 42.7 Å². The summed E-state index contributed by atoms with van der Waals surface area (Å²) in [5, 5.41) is 3.23. The van der Waals surface area contributed by atoms with Crippen LogP contribution in [0.3, 0.4) is 0 Å². The van der Waals surface area contributed by atoms with Crippen LogP contribution in [0, 0.1) is 0 Å². The number of rotatable bonds is 3. The van der Waals surface area contributed by atoms with Gasteiger partial charge in [0.05, 0.1) is 18.1 Å². The predicted molar refractivity (Wildman–Crippen MR) is 66.1 cm³/mol. The van der Waals surface area contributed by atoms with E-state index in [2.05, 4.69) is 15.3 Å². The van der Waals surface area contributed by atoms with Crippen molar-refractivity contribution in [3.63, 3.8) is 0 Å². The average molecular weight is 214 g/mol. The van der Waals surface area contributed by atoms with E-state index in [1.165, 1.54) is 0 Å². The number of hydrogen-bond donors (Lipinski definition) is 1. The first-order valence-electron chi connectivity index (χ1n) is 5.07. The minimum atomic E-state index is 0.707. The van der Waals surface area contributed by atoms with Crippen LogP contribution in [-0.2, 0) is 0 Å². The molecule has 16 heavy (non-hydrogen) atoms. The Balaban J connectivity index is 2.11. The van der Waals surface area contributed by atoms with Gasteiger partial charge in [-0.15, -0.1) is 0 Å². The van der Waals surface area contributed by atoms with Crippen molar-refractivity contribution in [2.45, 2.75) is 0 Å². The molecule has 0 bridgehead atoms. The number of nitrogens with one attached hydrogen (secondary N) is 1. The van der Waals surface area contributed by atoms with Gasteiger partial charge in [-0.25, -0.2) is 9.97 Å². The van der Waals surface area contributed by atoms with Crippen molar-refractivity contribution >= 4 is 17.3 Å². The van der Waals surface area contributed by atoms with Gasteiger partial charge in [-0.3, -0.25) is 0 Å². The maximum atomic E-state index is 4.23. The Bertz CT molecular complexity index is 436. The highest BCUT2D eigenvalue weighted by atomic mass is 15.2. The first-order valence-corrected chi connectivity index (χ1v) is 5.07. The number of aromatic nitrogens is 2. The van der Waals surface area contributed by atoms with Gasteiger partial charge in [-0.2, -0.15) is 0 Å². The minimum absolute atomic E-state index is 0.707. The Morgan fingerprint density at radius 1 is 0.938 bits per heavy atom. The lowest BCUT2D eigenvalue weighted by Crippen LogP contribution is -2.12. The van der Waals surface area contributed by atoms with Crippen LogP contribution in [0.25, 0.3) is 0 Å². The van der Waals surface area contributed by atoms with E-state index < -0.39 is 0 Å². The fourth-order valence-electron chi connectivity index (χ4n) is 1.30. The first-order chi connectivity index (χ1) is 7.75. The molecule has 2 rings (SSSR count). The van der Waals surface area contributed by atoms with Crippen molar-refractivity contribution in [1.82, 2.24) is 9.97 Å². The summed E-state index contributed by atoms with van der Waals surface area (Å²) in [5.41, 5.74) is 1.92. The summed E-state index contributed by atoms with van der Waals surface area (Å²) in [6.07, 6.45) is 3.55. The summed E-state index contributed by atoms with van der Waals surface area (Å²) in [6, 6.07) is 9.95. The van der Waals surface area contributed by atoms with Crippen LogP contribution in [0.1, 0.15) is 0 Å². The summed E-state index contributed by atoms with van der Waals surface area (Å²) in [5.74, 6) is 0.707. The highest BCUT2D eigenvalue weighted by molar-refractivity contribution is 5.57. The Kier molecular flexibility index (Phi) is 3.00. The third-order valence-electron chi connectivity index (χ3n) is 2.10. The molecule has 1 aromatic carbocycles. The molecule has 0 amide bonds. The lowest BCUT2D eigenvalue weighted by Gasteiger charge is -2.10. The van der Waals surface area contributed by atoms with Gasteiger partial charge in [-0.1, -0.05) is 18.2 Å². The number of nitrogens with zero attached hydrogens (tertiary/aromatic N) is 3. The standard InChI is InChI=1S/C12H14N4/c1-16(2)12-13-8-11(9-14-12)15-10-6-4-3-5-7-10/h3-9,15H,1-2H3. The third kappa shape index (κ3) is 2.48. The van der Waals surface area contributed by atoms with Crippen LogP contribution < -0.4 is 10.2 Å². The van der Waals surface area contributed by atoms with Crippen LogP contribution in [0.5, 0.6) is 0 Å². The van der Waals surface area contributed by atoms with Crippen LogP contribution in [0.2, 0.25) is 0 Å². The Morgan fingerprint density at radius 3 is 2.12 bits per heavy atom. The molecular formula is C12H14N4. The molecule has 0 aliphatic rings. The van der Waals surface area contributed by atoms with Crippen molar-refractivity contribution in [3.8, 4) is 0 Å². The van der Waals surface area contributed by atoms with E-state index in [9.17, 15) is 0 Å². The van der Waals surface area contributed by atoms with Crippen molar-refractivity contribution in [1.29, 1.82) is 0 Å². The van der Waals surface area contributed by atoms with Gasteiger partial charge in [0.25, 0.3) is 0 Å². The smallest absolute Gasteiger partial charge is 0.224 e. The quantitative estimate of drug-likeness (QED) is 0.851. The number of para-hydroxylation sites is 1. The molecule has 0 aliphatic carbocycles. The van der Waals surface area contributed by atoms with Crippen LogP contribution >= 0.6 is 0 Å². The molecule has 0 atom stereocenters.